The highest BCUT2D eigenvalue weighted by molar-refractivity contribution is 5.76. The van der Waals surface area contributed by atoms with Crippen molar-refractivity contribution in [1.29, 1.82) is 0 Å². The van der Waals surface area contributed by atoms with E-state index >= 15 is 0 Å². The van der Waals surface area contributed by atoms with Gasteiger partial charge in [-0.15, -0.1) is 0 Å². The first-order valence-corrected chi connectivity index (χ1v) is 5.55. The molecule has 0 aliphatic rings. The number of aliphatic carboxylic acids is 1. The molecule has 1 atom stereocenters. The molecule has 88 valence electrons. The van der Waals surface area contributed by atoms with Gasteiger partial charge in [-0.05, 0) is 36.6 Å². The first kappa shape index (κ1) is 12.7. The summed E-state index contributed by atoms with van der Waals surface area (Å²) < 4.78 is 12.9. The molecule has 0 fully saturated rings. The molecule has 0 aliphatic heterocycles. The van der Waals surface area contributed by atoms with Crippen LogP contribution in [0.4, 0.5) is 4.39 Å². The van der Waals surface area contributed by atoms with Crippen LogP contribution in [0.15, 0.2) is 18.2 Å². The van der Waals surface area contributed by atoms with Gasteiger partial charge in [0, 0.05) is 0 Å². The summed E-state index contributed by atoms with van der Waals surface area (Å²) in [6, 6.07) is 4.29. The highest BCUT2D eigenvalue weighted by Crippen LogP contribution is 2.25. The van der Waals surface area contributed by atoms with Gasteiger partial charge in [0.05, 0.1) is 5.92 Å². The number of carboxylic acid groups (broad SMARTS) is 1. The number of rotatable bonds is 5. The third kappa shape index (κ3) is 3.05. The zero-order valence-electron chi connectivity index (χ0n) is 9.66. The van der Waals surface area contributed by atoms with E-state index in [2.05, 4.69) is 0 Å². The molecule has 3 heteroatoms. The van der Waals surface area contributed by atoms with Crippen molar-refractivity contribution in [3.05, 3.63) is 35.1 Å². The van der Waals surface area contributed by atoms with E-state index in [1.807, 2.05) is 6.92 Å². The standard InChI is InChI=1S/C13H17FO2/c1-3-4-5-12(13(15)16)11-7-6-10(14)8-9(11)2/h6-8,12H,3-5H2,1-2H3,(H,15,16). The quantitative estimate of drug-likeness (QED) is 0.831. The predicted molar refractivity (Wildman–Crippen MR) is 61.0 cm³/mol. The molecule has 1 aromatic carbocycles. The molecule has 0 amide bonds. The Morgan fingerprint density at radius 3 is 2.69 bits per heavy atom. The van der Waals surface area contributed by atoms with Gasteiger partial charge < -0.3 is 5.11 Å². The molecule has 0 spiro atoms. The van der Waals surface area contributed by atoms with Crippen LogP contribution in [0.5, 0.6) is 0 Å². The van der Waals surface area contributed by atoms with Crippen molar-refractivity contribution in [2.24, 2.45) is 0 Å². The fourth-order valence-corrected chi connectivity index (χ4v) is 1.85. The molecule has 1 N–H and O–H groups in total. The van der Waals surface area contributed by atoms with Crippen molar-refractivity contribution < 1.29 is 14.3 Å². The molecule has 1 unspecified atom stereocenters. The monoisotopic (exact) mass is 224 g/mol. The maximum Gasteiger partial charge on any atom is 0.310 e. The summed E-state index contributed by atoms with van der Waals surface area (Å²) in [5.74, 6) is -1.66. The van der Waals surface area contributed by atoms with Crippen LogP contribution in [-0.4, -0.2) is 11.1 Å². The second kappa shape index (κ2) is 5.64. The maximum atomic E-state index is 12.9. The van der Waals surface area contributed by atoms with E-state index in [1.54, 1.807) is 13.0 Å². The Bertz CT molecular complexity index is 374. The van der Waals surface area contributed by atoms with Crippen LogP contribution in [0.25, 0.3) is 0 Å². The van der Waals surface area contributed by atoms with Crippen molar-refractivity contribution in [2.45, 2.75) is 39.0 Å². The van der Waals surface area contributed by atoms with Crippen LogP contribution in [0.2, 0.25) is 0 Å². The van der Waals surface area contributed by atoms with E-state index in [-0.39, 0.29) is 5.82 Å². The van der Waals surface area contributed by atoms with Crippen LogP contribution in [-0.2, 0) is 4.79 Å². The van der Waals surface area contributed by atoms with Gasteiger partial charge in [-0.25, -0.2) is 4.39 Å². The highest BCUT2D eigenvalue weighted by atomic mass is 19.1. The summed E-state index contributed by atoms with van der Waals surface area (Å²) in [5, 5.41) is 9.15. The number of hydrogen-bond acceptors (Lipinski definition) is 1. The first-order valence-electron chi connectivity index (χ1n) is 5.55. The number of halogens is 1. The second-order valence-corrected chi connectivity index (χ2v) is 4.03. The van der Waals surface area contributed by atoms with Gasteiger partial charge in [0.15, 0.2) is 0 Å². The molecule has 0 saturated carbocycles. The number of unbranched alkanes of at least 4 members (excludes halogenated alkanes) is 1. The second-order valence-electron chi connectivity index (χ2n) is 4.03. The van der Waals surface area contributed by atoms with Crippen LogP contribution < -0.4 is 0 Å². The number of carboxylic acids is 1. The highest BCUT2D eigenvalue weighted by Gasteiger charge is 2.20. The number of aryl methyl sites for hydroxylation is 1. The summed E-state index contributed by atoms with van der Waals surface area (Å²) >= 11 is 0. The summed E-state index contributed by atoms with van der Waals surface area (Å²) in [6.07, 6.45) is 2.44. The molecule has 0 aromatic heterocycles. The van der Waals surface area contributed by atoms with Crippen LogP contribution in [0, 0.1) is 12.7 Å². The van der Waals surface area contributed by atoms with E-state index in [0.29, 0.717) is 12.0 Å². The van der Waals surface area contributed by atoms with E-state index in [0.717, 1.165) is 18.4 Å². The fraction of sp³-hybridized carbons (Fsp3) is 0.462. The first-order chi connectivity index (χ1) is 7.56. The SMILES string of the molecule is CCCCC(C(=O)O)c1ccc(F)cc1C. The van der Waals surface area contributed by atoms with Gasteiger partial charge in [0.1, 0.15) is 5.82 Å². The van der Waals surface area contributed by atoms with Gasteiger partial charge >= 0.3 is 5.97 Å². The van der Waals surface area contributed by atoms with E-state index in [9.17, 15) is 9.18 Å². The molecule has 2 nitrogen and oxygen atoms in total. The van der Waals surface area contributed by atoms with Gasteiger partial charge in [0.25, 0.3) is 0 Å². The minimum atomic E-state index is -0.830. The number of carbonyl (C=O) groups is 1. The molecule has 0 bridgehead atoms. The zero-order chi connectivity index (χ0) is 12.1. The Kier molecular flexibility index (Phi) is 4.47. The normalized spacial score (nSPS) is 12.4. The Labute approximate surface area is 95.1 Å². The van der Waals surface area contributed by atoms with Gasteiger partial charge in [-0.3, -0.25) is 4.79 Å². The lowest BCUT2D eigenvalue weighted by molar-refractivity contribution is -0.139. The van der Waals surface area contributed by atoms with Crippen molar-refractivity contribution in [3.63, 3.8) is 0 Å². The topological polar surface area (TPSA) is 37.3 Å². The lowest BCUT2D eigenvalue weighted by Crippen LogP contribution is -2.13. The summed E-state index contributed by atoms with van der Waals surface area (Å²) in [6.45, 7) is 3.77. The van der Waals surface area contributed by atoms with Crippen molar-refractivity contribution >= 4 is 5.97 Å². The molecule has 1 rings (SSSR count). The molecule has 1 aromatic rings. The minimum Gasteiger partial charge on any atom is -0.481 e. The lowest BCUT2D eigenvalue weighted by Gasteiger charge is -2.14. The molecular formula is C13H17FO2. The fourth-order valence-electron chi connectivity index (χ4n) is 1.85. The van der Waals surface area contributed by atoms with Gasteiger partial charge in [0.2, 0.25) is 0 Å². The van der Waals surface area contributed by atoms with Crippen molar-refractivity contribution in [3.8, 4) is 0 Å². The molecular weight excluding hydrogens is 207 g/mol. The minimum absolute atomic E-state index is 0.319. The number of hydrogen-bond donors (Lipinski definition) is 1. The summed E-state index contributed by atoms with van der Waals surface area (Å²) in [5.41, 5.74) is 1.44. The summed E-state index contributed by atoms with van der Waals surface area (Å²) in [4.78, 5) is 11.1. The maximum absolute atomic E-state index is 12.9. The van der Waals surface area contributed by atoms with E-state index in [4.69, 9.17) is 5.11 Å². The van der Waals surface area contributed by atoms with Crippen molar-refractivity contribution in [2.75, 3.05) is 0 Å². The molecule has 0 radical (unpaired) electrons. The average molecular weight is 224 g/mol. The Balaban J connectivity index is 2.96. The lowest BCUT2D eigenvalue weighted by atomic mass is 9.90. The molecule has 0 heterocycles. The number of benzene rings is 1. The predicted octanol–water partition coefficient (Wildman–Crippen LogP) is 3.49. The third-order valence-corrected chi connectivity index (χ3v) is 2.75. The van der Waals surface area contributed by atoms with E-state index in [1.165, 1.54) is 12.1 Å². The van der Waals surface area contributed by atoms with Gasteiger partial charge in [-0.2, -0.15) is 0 Å². The smallest absolute Gasteiger partial charge is 0.310 e. The Hall–Kier alpha value is -1.38. The molecule has 16 heavy (non-hydrogen) atoms. The van der Waals surface area contributed by atoms with E-state index < -0.39 is 11.9 Å². The Morgan fingerprint density at radius 2 is 2.19 bits per heavy atom. The van der Waals surface area contributed by atoms with Crippen LogP contribution in [0.1, 0.15) is 43.2 Å². The van der Waals surface area contributed by atoms with Crippen LogP contribution in [0.3, 0.4) is 0 Å². The van der Waals surface area contributed by atoms with Crippen LogP contribution >= 0.6 is 0 Å². The molecule has 0 saturated heterocycles. The zero-order valence-corrected chi connectivity index (χ0v) is 9.66. The third-order valence-electron chi connectivity index (χ3n) is 2.75. The van der Waals surface area contributed by atoms with Crippen molar-refractivity contribution in [1.82, 2.24) is 0 Å². The molecule has 0 aliphatic carbocycles. The Morgan fingerprint density at radius 1 is 1.50 bits per heavy atom. The average Bonchev–Trinajstić information content (AvgIpc) is 2.20. The van der Waals surface area contributed by atoms with Gasteiger partial charge in [-0.1, -0.05) is 25.8 Å². The summed E-state index contributed by atoms with van der Waals surface area (Å²) in [7, 11) is 0. The largest absolute Gasteiger partial charge is 0.481 e.